The van der Waals surface area contributed by atoms with Crippen molar-refractivity contribution in [2.75, 3.05) is 18.5 Å². The lowest BCUT2D eigenvalue weighted by molar-refractivity contribution is -0.119. The standard InChI is InChI=1S/C17H14ClFN2O2/c1-20-15-5-3-2-4-13(15)17(23)21(10-16(20)22)9-11-8-12(18)6-7-14(11)19/h2-8H,9-10H2,1H3. The number of carbonyl (C=O) groups is 2. The van der Waals surface area contributed by atoms with E-state index in [2.05, 4.69) is 0 Å². The number of nitrogens with zero attached hydrogens (tertiary/aromatic N) is 2. The molecule has 0 saturated heterocycles. The van der Waals surface area contributed by atoms with Gasteiger partial charge in [0.25, 0.3) is 5.91 Å². The smallest absolute Gasteiger partial charge is 0.256 e. The molecule has 3 rings (SSSR count). The average molecular weight is 333 g/mol. The molecule has 23 heavy (non-hydrogen) atoms. The number of benzene rings is 2. The summed E-state index contributed by atoms with van der Waals surface area (Å²) in [5.74, 6) is -0.996. The van der Waals surface area contributed by atoms with E-state index >= 15 is 0 Å². The van der Waals surface area contributed by atoms with E-state index < -0.39 is 5.82 Å². The lowest BCUT2D eigenvalue weighted by Crippen LogP contribution is -2.37. The molecule has 2 aromatic rings. The van der Waals surface area contributed by atoms with Crippen LogP contribution >= 0.6 is 11.6 Å². The van der Waals surface area contributed by atoms with Crippen LogP contribution in [0.25, 0.3) is 0 Å². The minimum atomic E-state index is -0.458. The van der Waals surface area contributed by atoms with Crippen molar-refractivity contribution in [2.24, 2.45) is 0 Å². The first-order valence-electron chi connectivity index (χ1n) is 7.06. The van der Waals surface area contributed by atoms with Crippen LogP contribution in [0.5, 0.6) is 0 Å². The predicted octanol–water partition coefficient (Wildman–Crippen LogP) is 3.10. The van der Waals surface area contributed by atoms with E-state index in [1.54, 1.807) is 31.3 Å². The summed E-state index contributed by atoms with van der Waals surface area (Å²) in [6.45, 7) is -0.130. The molecule has 0 saturated carbocycles. The molecule has 118 valence electrons. The Balaban J connectivity index is 1.99. The molecule has 0 N–H and O–H groups in total. The first-order valence-corrected chi connectivity index (χ1v) is 7.44. The van der Waals surface area contributed by atoms with Crippen LogP contribution in [0.3, 0.4) is 0 Å². The van der Waals surface area contributed by atoms with Crippen LogP contribution in [-0.2, 0) is 11.3 Å². The van der Waals surface area contributed by atoms with E-state index in [4.69, 9.17) is 11.6 Å². The number of carbonyl (C=O) groups excluding carboxylic acids is 2. The van der Waals surface area contributed by atoms with E-state index in [-0.39, 0.29) is 30.5 Å². The summed E-state index contributed by atoms with van der Waals surface area (Å²) in [6.07, 6.45) is 0. The van der Waals surface area contributed by atoms with Crippen LogP contribution in [0.15, 0.2) is 42.5 Å². The second-order valence-electron chi connectivity index (χ2n) is 5.37. The second-order valence-corrected chi connectivity index (χ2v) is 5.80. The van der Waals surface area contributed by atoms with Crippen molar-refractivity contribution >= 4 is 29.1 Å². The number of fused-ring (bicyclic) bond motifs is 1. The van der Waals surface area contributed by atoms with Gasteiger partial charge in [-0.25, -0.2) is 4.39 Å². The summed E-state index contributed by atoms with van der Waals surface area (Å²) in [5.41, 5.74) is 1.25. The van der Waals surface area contributed by atoms with Gasteiger partial charge in [-0.05, 0) is 30.3 Å². The topological polar surface area (TPSA) is 40.6 Å². The molecule has 0 spiro atoms. The Bertz CT molecular complexity index is 794. The summed E-state index contributed by atoms with van der Waals surface area (Å²) in [7, 11) is 1.62. The molecule has 2 aromatic carbocycles. The number of rotatable bonds is 2. The number of halogens is 2. The van der Waals surface area contributed by atoms with Gasteiger partial charge < -0.3 is 9.80 Å². The fourth-order valence-electron chi connectivity index (χ4n) is 2.59. The quantitative estimate of drug-likeness (QED) is 0.848. The highest BCUT2D eigenvalue weighted by atomic mass is 35.5. The molecule has 1 heterocycles. The predicted molar refractivity (Wildman–Crippen MR) is 86.0 cm³/mol. The molecule has 1 aliphatic rings. The molecule has 0 aliphatic carbocycles. The number of likely N-dealkylation sites (N-methyl/N-ethyl adjacent to an activating group) is 1. The SMILES string of the molecule is CN1C(=O)CN(Cc2cc(Cl)ccc2F)C(=O)c2ccccc21. The molecule has 0 bridgehead atoms. The molecule has 0 fully saturated rings. The minimum Gasteiger partial charge on any atom is -0.325 e. The van der Waals surface area contributed by atoms with Crippen LogP contribution in [0, 0.1) is 5.82 Å². The van der Waals surface area contributed by atoms with Crippen LogP contribution in [0.4, 0.5) is 10.1 Å². The number of amides is 2. The zero-order valence-electron chi connectivity index (χ0n) is 12.4. The maximum absolute atomic E-state index is 13.9. The maximum Gasteiger partial charge on any atom is 0.256 e. The molecule has 0 unspecified atom stereocenters. The average Bonchev–Trinajstić information content (AvgIpc) is 2.63. The Labute approximate surface area is 138 Å². The maximum atomic E-state index is 13.9. The Morgan fingerprint density at radius 3 is 2.70 bits per heavy atom. The monoisotopic (exact) mass is 332 g/mol. The first kappa shape index (κ1) is 15.5. The highest BCUT2D eigenvalue weighted by Gasteiger charge is 2.29. The third-order valence-electron chi connectivity index (χ3n) is 3.85. The Morgan fingerprint density at radius 2 is 1.91 bits per heavy atom. The number of hydrogen-bond acceptors (Lipinski definition) is 2. The fraction of sp³-hybridized carbons (Fsp3) is 0.176. The summed E-state index contributed by atoms with van der Waals surface area (Å²) in [6, 6.07) is 11.0. The van der Waals surface area contributed by atoms with Crippen molar-refractivity contribution in [1.29, 1.82) is 0 Å². The van der Waals surface area contributed by atoms with E-state index in [1.165, 1.54) is 28.0 Å². The van der Waals surface area contributed by atoms with Crippen LogP contribution in [-0.4, -0.2) is 30.3 Å². The van der Waals surface area contributed by atoms with Gasteiger partial charge in [0, 0.05) is 24.2 Å². The van der Waals surface area contributed by atoms with Crippen LogP contribution in [0.2, 0.25) is 5.02 Å². The van der Waals surface area contributed by atoms with E-state index in [9.17, 15) is 14.0 Å². The van der Waals surface area contributed by atoms with Crippen molar-refractivity contribution in [2.45, 2.75) is 6.54 Å². The van der Waals surface area contributed by atoms with Crippen LogP contribution < -0.4 is 4.90 Å². The van der Waals surface area contributed by atoms with E-state index in [0.717, 1.165) is 0 Å². The molecule has 1 aliphatic heterocycles. The normalized spacial score (nSPS) is 14.7. The molecular formula is C17H14ClFN2O2. The van der Waals surface area contributed by atoms with Gasteiger partial charge >= 0.3 is 0 Å². The van der Waals surface area contributed by atoms with E-state index in [1.807, 2.05) is 0 Å². The highest BCUT2D eigenvalue weighted by molar-refractivity contribution is 6.30. The Morgan fingerprint density at radius 1 is 1.17 bits per heavy atom. The van der Waals surface area contributed by atoms with Crippen LogP contribution in [0.1, 0.15) is 15.9 Å². The zero-order chi connectivity index (χ0) is 16.6. The van der Waals surface area contributed by atoms with Gasteiger partial charge in [0.2, 0.25) is 5.91 Å². The Kier molecular flexibility index (Phi) is 4.05. The van der Waals surface area contributed by atoms with Crippen molar-refractivity contribution < 1.29 is 14.0 Å². The molecule has 0 aromatic heterocycles. The zero-order valence-corrected chi connectivity index (χ0v) is 13.2. The number of anilines is 1. The highest BCUT2D eigenvalue weighted by Crippen LogP contribution is 2.26. The summed E-state index contributed by atoms with van der Waals surface area (Å²) < 4.78 is 13.9. The van der Waals surface area contributed by atoms with Gasteiger partial charge in [-0.3, -0.25) is 9.59 Å². The summed E-state index contributed by atoms with van der Waals surface area (Å²) in [5, 5.41) is 0.382. The van der Waals surface area contributed by atoms with Gasteiger partial charge in [-0.1, -0.05) is 23.7 Å². The molecule has 6 heteroatoms. The lowest BCUT2D eigenvalue weighted by atomic mass is 10.1. The first-order chi connectivity index (χ1) is 11.0. The van der Waals surface area contributed by atoms with Gasteiger partial charge in [-0.15, -0.1) is 0 Å². The van der Waals surface area contributed by atoms with Gasteiger partial charge in [0.1, 0.15) is 12.4 Å². The molecular weight excluding hydrogens is 319 g/mol. The van der Waals surface area contributed by atoms with Crippen molar-refractivity contribution in [3.63, 3.8) is 0 Å². The molecule has 4 nitrogen and oxygen atoms in total. The number of para-hydroxylation sites is 1. The summed E-state index contributed by atoms with van der Waals surface area (Å²) >= 11 is 5.89. The Hall–Kier alpha value is -2.40. The molecule has 0 radical (unpaired) electrons. The van der Waals surface area contributed by atoms with E-state index in [0.29, 0.717) is 16.3 Å². The lowest BCUT2D eigenvalue weighted by Gasteiger charge is -2.20. The van der Waals surface area contributed by atoms with Gasteiger partial charge in [0.05, 0.1) is 11.3 Å². The third-order valence-corrected chi connectivity index (χ3v) is 4.09. The second kappa shape index (κ2) is 6.01. The molecule has 2 amide bonds. The number of hydrogen-bond donors (Lipinski definition) is 0. The fourth-order valence-corrected chi connectivity index (χ4v) is 2.79. The largest absolute Gasteiger partial charge is 0.325 e. The minimum absolute atomic E-state index is 0.0147. The molecule has 0 atom stereocenters. The van der Waals surface area contributed by atoms with Crippen molar-refractivity contribution in [1.82, 2.24) is 4.90 Å². The van der Waals surface area contributed by atoms with Gasteiger partial charge in [-0.2, -0.15) is 0 Å². The summed E-state index contributed by atoms with van der Waals surface area (Å²) in [4.78, 5) is 27.8. The third kappa shape index (κ3) is 2.92. The van der Waals surface area contributed by atoms with Gasteiger partial charge in [0.15, 0.2) is 0 Å². The van der Waals surface area contributed by atoms with Crippen molar-refractivity contribution in [3.8, 4) is 0 Å². The van der Waals surface area contributed by atoms with Crippen molar-refractivity contribution in [3.05, 3.63) is 64.4 Å².